The Balaban J connectivity index is 4.10. The number of likely N-dealkylation sites (N-methyl/N-ethyl adjacent to an activating group) is 1. The molecule has 94 valence electrons. The van der Waals surface area contributed by atoms with E-state index < -0.39 is 12.0 Å². The lowest BCUT2D eigenvalue weighted by Gasteiger charge is -2.24. The van der Waals surface area contributed by atoms with Crippen molar-refractivity contribution in [1.82, 2.24) is 10.2 Å². The number of carbonyl (C=O) groups excluding carboxylic acids is 1. The Bertz CT molecular complexity index is 233. The minimum Gasteiger partial charge on any atom is -0.480 e. The number of nitrogens with one attached hydrogen (secondary N) is 1. The third-order valence-electron chi connectivity index (χ3n) is 2.28. The second-order valence-corrected chi connectivity index (χ2v) is 3.42. The van der Waals surface area contributed by atoms with E-state index in [0.29, 0.717) is 19.7 Å². The smallest absolute Gasteiger partial charge is 0.317 e. The summed E-state index contributed by atoms with van der Waals surface area (Å²) < 4.78 is 4.80. The van der Waals surface area contributed by atoms with Crippen LogP contribution in [0.15, 0.2) is 0 Å². The predicted octanol–water partition coefficient (Wildman–Crippen LogP) is -0.456. The van der Waals surface area contributed by atoms with E-state index in [-0.39, 0.29) is 12.5 Å². The molecule has 1 unspecified atom stereocenters. The van der Waals surface area contributed by atoms with Crippen LogP contribution >= 0.6 is 0 Å². The molecular weight excluding hydrogens is 212 g/mol. The Morgan fingerprint density at radius 1 is 1.50 bits per heavy atom. The molecule has 0 saturated heterocycles. The summed E-state index contributed by atoms with van der Waals surface area (Å²) >= 11 is 0. The Morgan fingerprint density at radius 2 is 2.12 bits per heavy atom. The molecule has 16 heavy (non-hydrogen) atoms. The van der Waals surface area contributed by atoms with Gasteiger partial charge in [0.1, 0.15) is 0 Å². The Morgan fingerprint density at radius 3 is 2.56 bits per heavy atom. The van der Waals surface area contributed by atoms with E-state index in [1.165, 1.54) is 0 Å². The highest BCUT2D eigenvalue weighted by atomic mass is 16.5. The molecule has 0 rings (SSSR count). The standard InChI is InChI=1S/C10H20N2O4/c1-4-12(7-9(13)14)8(2)10(15)11-5-6-16-3/h8H,4-7H2,1-3H3,(H,11,15)(H,13,14). The van der Waals surface area contributed by atoms with Crippen molar-refractivity contribution in [2.45, 2.75) is 19.9 Å². The highest BCUT2D eigenvalue weighted by molar-refractivity contribution is 5.82. The third-order valence-corrected chi connectivity index (χ3v) is 2.28. The second kappa shape index (κ2) is 8.06. The molecule has 0 aliphatic heterocycles. The van der Waals surface area contributed by atoms with Crippen molar-refractivity contribution in [2.24, 2.45) is 0 Å². The van der Waals surface area contributed by atoms with Crippen LogP contribution in [-0.4, -0.2) is 61.3 Å². The summed E-state index contributed by atoms with van der Waals surface area (Å²) in [7, 11) is 1.55. The largest absolute Gasteiger partial charge is 0.480 e. The number of ether oxygens (including phenoxy) is 1. The highest BCUT2D eigenvalue weighted by Crippen LogP contribution is 1.98. The maximum absolute atomic E-state index is 11.6. The number of rotatable bonds is 8. The van der Waals surface area contributed by atoms with Crippen molar-refractivity contribution < 1.29 is 19.4 Å². The molecule has 0 saturated carbocycles. The molecule has 2 N–H and O–H groups in total. The van der Waals surface area contributed by atoms with Gasteiger partial charge >= 0.3 is 5.97 Å². The number of amides is 1. The van der Waals surface area contributed by atoms with Crippen LogP contribution in [-0.2, 0) is 14.3 Å². The first-order valence-electron chi connectivity index (χ1n) is 5.25. The first kappa shape index (κ1) is 14.9. The van der Waals surface area contributed by atoms with Gasteiger partial charge in [-0.05, 0) is 13.5 Å². The number of carbonyl (C=O) groups is 2. The van der Waals surface area contributed by atoms with Crippen molar-refractivity contribution in [3.8, 4) is 0 Å². The zero-order chi connectivity index (χ0) is 12.6. The van der Waals surface area contributed by atoms with Gasteiger partial charge in [0.2, 0.25) is 5.91 Å². The monoisotopic (exact) mass is 232 g/mol. The molecule has 1 amide bonds. The molecule has 0 aliphatic rings. The summed E-state index contributed by atoms with van der Waals surface area (Å²) in [5.41, 5.74) is 0. The normalized spacial score (nSPS) is 12.5. The Hall–Kier alpha value is -1.14. The van der Waals surface area contributed by atoms with Crippen molar-refractivity contribution >= 4 is 11.9 Å². The first-order chi connectivity index (χ1) is 7.52. The van der Waals surface area contributed by atoms with Crippen LogP contribution < -0.4 is 5.32 Å². The van der Waals surface area contributed by atoms with Crippen LogP contribution in [0.3, 0.4) is 0 Å². The average molecular weight is 232 g/mol. The lowest BCUT2D eigenvalue weighted by atomic mass is 10.2. The third kappa shape index (κ3) is 5.67. The fourth-order valence-electron chi connectivity index (χ4n) is 1.29. The molecule has 0 radical (unpaired) electrons. The highest BCUT2D eigenvalue weighted by Gasteiger charge is 2.21. The summed E-state index contributed by atoms with van der Waals surface area (Å²) in [5.74, 6) is -1.11. The summed E-state index contributed by atoms with van der Waals surface area (Å²) in [6.07, 6.45) is 0. The van der Waals surface area contributed by atoms with Gasteiger partial charge in [0, 0.05) is 13.7 Å². The summed E-state index contributed by atoms with van der Waals surface area (Å²) in [6, 6.07) is -0.446. The number of nitrogens with zero attached hydrogens (tertiary/aromatic N) is 1. The average Bonchev–Trinajstić information content (AvgIpc) is 2.24. The predicted molar refractivity (Wildman–Crippen MR) is 59.2 cm³/mol. The van der Waals surface area contributed by atoms with Gasteiger partial charge in [0.25, 0.3) is 0 Å². The van der Waals surface area contributed by atoms with Crippen molar-refractivity contribution in [3.63, 3.8) is 0 Å². The maximum Gasteiger partial charge on any atom is 0.317 e. The molecule has 0 aliphatic carbocycles. The Kier molecular flexibility index (Phi) is 7.49. The molecule has 6 nitrogen and oxygen atoms in total. The van der Waals surface area contributed by atoms with E-state index in [1.54, 1.807) is 18.9 Å². The van der Waals surface area contributed by atoms with Gasteiger partial charge < -0.3 is 15.2 Å². The van der Waals surface area contributed by atoms with E-state index in [2.05, 4.69) is 5.32 Å². The van der Waals surface area contributed by atoms with Crippen molar-refractivity contribution in [3.05, 3.63) is 0 Å². The molecule has 0 bridgehead atoms. The van der Waals surface area contributed by atoms with Gasteiger partial charge in [-0.3, -0.25) is 14.5 Å². The zero-order valence-corrected chi connectivity index (χ0v) is 10.0. The van der Waals surface area contributed by atoms with E-state index in [0.717, 1.165) is 0 Å². The van der Waals surface area contributed by atoms with Gasteiger partial charge in [-0.1, -0.05) is 6.92 Å². The number of carboxylic acid groups (broad SMARTS) is 1. The fourth-order valence-corrected chi connectivity index (χ4v) is 1.29. The lowest BCUT2D eigenvalue weighted by molar-refractivity contribution is -0.139. The van der Waals surface area contributed by atoms with Crippen LogP contribution in [0, 0.1) is 0 Å². The molecule has 0 aromatic rings. The lowest BCUT2D eigenvalue weighted by Crippen LogP contribution is -2.47. The summed E-state index contributed by atoms with van der Waals surface area (Å²) in [6.45, 7) is 4.78. The van der Waals surface area contributed by atoms with Crippen LogP contribution in [0.1, 0.15) is 13.8 Å². The number of methoxy groups -OCH3 is 1. The first-order valence-corrected chi connectivity index (χ1v) is 5.25. The topological polar surface area (TPSA) is 78.9 Å². The van der Waals surface area contributed by atoms with E-state index in [9.17, 15) is 9.59 Å². The molecular formula is C10H20N2O4. The van der Waals surface area contributed by atoms with Crippen LogP contribution in [0.2, 0.25) is 0 Å². The molecule has 0 heterocycles. The minimum absolute atomic E-state index is 0.130. The number of hydrogen-bond donors (Lipinski definition) is 2. The van der Waals surface area contributed by atoms with Crippen molar-refractivity contribution in [1.29, 1.82) is 0 Å². The molecule has 0 spiro atoms. The molecule has 1 atom stereocenters. The van der Waals surface area contributed by atoms with Gasteiger partial charge in [-0.2, -0.15) is 0 Å². The SMILES string of the molecule is CCN(CC(=O)O)C(C)C(=O)NCCOC. The maximum atomic E-state index is 11.6. The number of hydrogen-bond acceptors (Lipinski definition) is 4. The van der Waals surface area contributed by atoms with Crippen LogP contribution in [0.25, 0.3) is 0 Å². The van der Waals surface area contributed by atoms with Gasteiger partial charge in [-0.15, -0.1) is 0 Å². The minimum atomic E-state index is -0.932. The van der Waals surface area contributed by atoms with Crippen molar-refractivity contribution in [2.75, 3.05) is 33.4 Å². The molecule has 6 heteroatoms. The zero-order valence-electron chi connectivity index (χ0n) is 10.0. The van der Waals surface area contributed by atoms with Gasteiger partial charge in [-0.25, -0.2) is 0 Å². The quantitative estimate of drug-likeness (QED) is 0.554. The second-order valence-electron chi connectivity index (χ2n) is 3.42. The molecule has 0 aromatic heterocycles. The van der Waals surface area contributed by atoms with Gasteiger partial charge in [0.15, 0.2) is 0 Å². The summed E-state index contributed by atoms with van der Waals surface area (Å²) in [4.78, 5) is 23.7. The van der Waals surface area contributed by atoms with E-state index in [4.69, 9.17) is 9.84 Å². The van der Waals surface area contributed by atoms with Crippen LogP contribution in [0.5, 0.6) is 0 Å². The molecule has 0 fully saturated rings. The number of carboxylic acids is 1. The van der Waals surface area contributed by atoms with E-state index >= 15 is 0 Å². The van der Waals surface area contributed by atoms with Crippen LogP contribution in [0.4, 0.5) is 0 Å². The van der Waals surface area contributed by atoms with Gasteiger partial charge in [0.05, 0.1) is 19.2 Å². The fraction of sp³-hybridized carbons (Fsp3) is 0.800. The Labute approximate surface area is 95.6 Å². The van der Waals surface area contributed by atoms with E-state index in [1.807, 2.05) is 6.92 Å². The number of aliphatic carboxylic acids is 1. The molecule has 0 aromatic carbocycles. The summed E-state index contributed by atoms with van der Waals surface area (Å²) in [5, 5.41) is 11.3.